The van der Waals surface area contributed by atoms with Crippen LogP contribution < -0.4 is 9.47 Å². The molecule has 0 bridgehead atoms. The summed E-state index contributed by atoms with van der Waals surface area (Å²) < 4.78 is 12.1. The minimum Gasteiger partial charge on any atom is -0.491 e. The van der Waals surface area contributed by atoms with Crippen molar-refractivity contribution >= 4 is 0 Å². The molecule has 2 aromatic carbocycles. The zero-order chi connectivity index (χ0) is 31.2. The van der Waals surface area contributed by atoms with Crippen LogP contribution in [0.15, 0.2) is 36.4 Å². The van der Waals surface area contributed by atoms with Gasteiger partial charge in [-0.1, -0.05) is 86.3 Å². The second-order valence-electron chi connectivity index (χ2n) is 14.6. The number of aliphatic hydroxyl groups is 2. The summed E-state index contributed by atoms with van der Waals surface area (Å²) in [7, 11) is 0. The molecule has 4 nitrogen and oxygen atoms in total. The van der Waals surface area contributed by atoms with Gasteiger partial charge in [0.25, 0.3) is 0 Å². The van der Waals surface area contributed by atoms with Crippen LogP contribution in [0.25, 0.3) is 0 Å². The summed E-state index contributed by atoms with van der Waals surface area (Å²) >= 11 is 0. The van der Waals surface area contributed by atoms with Crippen molar-refractivity contribution in [1.29, 1.82) is 0 Å². The van der Waals surface area contributed by atoms with E-state index in [9.17, 15) is 10.2 Å². The van der Waals surface area contributed by atoms with Crippen LogP contribution in [0.2, 0.25) is 0 Å². The Bertz CT molecular complexity index is 1080. The van der Waals surface area contributed by atoms with Gasteiger partial charge in [0, 0.05) is 5.92 Å². The average Bonchev–Trinajstić information content (AvgIpc) is 2.99. The summed E-state index contributed by atoms with van der Waals surface area (Å²) in [4.78, 5) is 0. The fourth-order valence-electron chi connectivity index (χ4n) is 9.00. The monoisotopic (exact) mass is 592 g/mol. The van der Waals surface area contributed by atoms with E-state index in [0.29, 0.717) is 36.9 Å². The van der Waals surface area contributed by atoms with Gasteiger partial charge in [-0.15, -0.1) is 0 Å². The Labute approximate surface area is 262 Å². The molecule has 0 amide bonds. The van der Waals surface area contributed by atoms with Crippen molar-refractivity contribution in [3.63, 3.8) is 0 Å². The summed E-state index contributed by atoms with van der Waals surface area (Å²) in [5, 5.41) is 19.0. The lowest BCUT2D eigenvalue weighted by molar-refractivity contribution is 0.168. The van der Waals surface area contributed by atoms with E-state index in [0.717, 1.165) is 17.9 Å². The van der Waals surface area contributed by atoms with Crippen LogP contribution in [-0.2, 0) is 10.8 Å². The van der Waals surface area contributed by atoms with Crippen molar-refractivity contribution in [2.24, 2.45) is 23.7 Å². The largest absolute Gasteiger partial charge is 0.491 e. The third-order valence-electron chi connectivity index (χ3n) is 11.3. The minimum absolute atomic E-state index is 0.0186. The van der Waals surface area contributed by atoms with Crippen LogP contribution in [0, 0.1) is 23.7 Å². The van der Waals surface area contributed by atoms with E-state index < -0.39 is 0 Å². The van der Waals surface area contributed by atoms with E-state index in [1.807, 2.05) is 0 Å². The molecule has 4 unspecified atom stereocenters. The lowest BCUT2D eigenvalue weighted by atomic mass is 9.57. The molecule has 2 N–H and O–H groups in total. The van der Waals surface area contributed by atoms with Crippen molar-refractivity contribution in [3.05, 3.63) is 58.7 Å². The molecule has 0 heterocycles. The number of rotatable bonds is 13. The van der Waals surface area contributed by atoms with Gasteiger partial charge in [-0.25, -0.2) is 0 Å². The van der Waals surface area contributed by atoms with E-state index in [1.165, 1.54) is 73.6 Å². The van der Waals surface area contributed by atoms with Gasteiger partial charge in [-0.2, -0.15) is 0 Å². The maximum Gasteiger partial charge on any atom is 0.119 e. The first-order valence-electron chi connectivity index (χ1n) is 17.4. The number of hydrogen-bond acceptors (Lipinski definition) is 4. The zero-order valence-electron chi connectivity index (χ0n) is 28.3. The smallest absolute Gasteiger partial charge is 0.119 e. The standard InChI is InChI=1S/C39H60O4/c1-8-33(34-15-13-31(42-21-19-40)23-36(34)38(27(2)3)17-9-11-29(6)25-38)35-16-14-32(43-22-20-41)24-37(35)39(28(4)5)18-10-12-30(7)26-39/h13-16,23-24,27-30,33,40-41H,8-12,17-22,25-26H2,1-7H3. The summed E-state index contributed by atoms with van der Waals surface area (Å²) in [5.74, 6) is 4.39. The van der Waals surface area contributed by atoms with E-state index >= 15 is 0 Å². The SMILES string of the molecule is CCC(c1ccc(OCCO)cc1C1(C(C)C)CCCC(C)C1)c1ccc(OCCO)cc1C1(C(C)C)CCCC(C)C1. The van der Waals surface area contributed by atoms with Crippen molar-refractivity contribution in [1.82, 2.24) is 0 Å². The lowest BCUT2D eigenvalue weighted by Crippen LogP contribution is -2.39. The molecule has 0 aliphatic heterocycles. The van der Waals surface area contributed by atoms with Gasteiger partial charge in [0.15, 0.2) is 0 Å². The molecule has 2 aliphatic carbocycles. The molecule has 0 saturated heterocycles. The molecule has 2 fully saturated rings. The van der Waals surface area contributed by atoms with Crippen molar-refractivity contribution in [3.8, 4) is 11.5 Å². The topological polar surface area (TPSA) is 58.9 Å². The van der Waals surface area contributed by atoms with Gasteiger partial charge in [-0.3, -0.25) is 0 Å². The second kappa shape index (κ2) is 14.8. The van der Waals surface area contributed by atoms with Gasteiger partial charge in [0.05, 0.1) is 13.2 Å². The molecule has 0 aromatic heterocycles. The van der Waals surface area contributed by atoms with E-state index in [1.54, 1.807) is 0 Å². The van der Waals surface area contributed by atoms with Gasteiger partial charge in [0.1, 0.15) is 24.7 Å². The summed E-state index contributed by atoms with van der Waals surface area (Å²) in [6.45, 7) is 17.5. The first kappa shape index (κ1) is 33.8. The molecule has 43 heavy (non-hydrogen) atoms. The number of hydrogen-bond donors (Lipinski definition) is 2. The molecule has 0 radical (unpaired) electrons. The Hall–Kier alpha value is -2.04. The Kier molecular flexibility index (Phi) is 11.7. The third kappa shape index (κ3) is 7.12. The van der Waals surface area contributed by atoms with Crippen LogP contribution in [0.1, 0.15) is 134 Å². The van der Waals surface area contributed by atoms with Crippen LogP contribution in [0.3, 0.4) is 0 Å². The highest BCUT2D eigenvalue weighted by Crippen LogP contribution is 2.54. The van der Waals surface area contributed by atoms with Crippen molar-refractivity contribution in [2.75, 3.05) is 26.4 Å². The summed E-state index contributed by atoms with van der Waals surface area (Å²) in [6.07, 6.45) is 10.9. The second-order valence-corrected chi connectivity index (χ2v) is 14.6. The highest BCUT2D eigenvalue weighted by molar-refractivity contribution is 5.51. The van der Waals surface area contributed by atoms with Crippen molar-refractivity contribution < 1.29 is 19.7 Å². The highest BCUT2D eigenvalue weighted by atomic mass is 16.5. The number of ether oxygens (including phenoxy) is 2. The van der Waals surface area contributed by atoms with E-state index in [2.05, 4.69) is 84.9 Å². The first-order chi connectivity index (χ1) is 20.6. The predicted octanol–water partition coefficient (Wildman–Crippen LogP) is 9.18. The Morgan fingerprint density at radius 3 is 1.47 bits per heavy atom. The molecule has 2 aliphatic rings. The van der Waals surface area contributed by atoms with Crippen LogP contribution in [0.4, 0.5) is 0 Å². The molecule has 2 aromatic rings. The minimum atomic E-state index is 0.0186. The van der Waals surface area contributed by atoms with Gasteiger partial charge >= 0.3 is 0 Å². The molecule has 240 valence electrons. The molecular formula is C39H60O4. The quantitative estimate of drug-likeness (QED) is 0.243. The Morgan fingerprint density at radius 2 is 1.14 bits per heavy atom. The fraction of sp³-hybridized carbons (Fsp3) is 0.692. The van der Waals surface area contributed by atoms with Crippen molar-refractivity contribution in [2.45, 2.75) is 123 Å². The average molecular weight is 593 g/mol. The molecule has 4 atom stereocenters. The normalized spacial score (nSPS) is 27.0. The van der Waals surface area contributed by atoms with Crippen LogP contribution in [-0.4, -0.2) is 36.6 Å². The Morgan fingerprint density at radius 1 is 0.721 bits per heavy atom. The molecule has 0 spiro atoms. The predicted molar refractivity (Wildman–Crippen MR) is 178 cm³/mol. The molecular weight excluding hydrogens is 532 g/mol. The van der Waals surface area contributed by atoms with Crippen LogP contribution >= 0.6 is 0 Å². The molecule has 4 rings (SSSR count). The van der Waals surface area contributed by atoms with Crippen LogP contribution in [0.5, 0.6) is 11.5 Å². The Balaban J connectivity index is 1.95. The zero-order valence-corrected chi connectivity index (χ0v) is 28.3. The fourth-order valence-corrected chi connectivity index (χ4v) is 9.00. The molecule has 2 saturated carbocycles. The lowest BCUT2D eigenvalue weighted by Gasteiger charge is -2.47. The first-order valence-corrected chi connectivity index (χ1v) is 17.4. The maximum atomic E-state index is 9.52. The number of aliphatic hydroxyl groups excluding tert-OH is 2. The van der Waals surface area contributed by atoms with Gasteiger partial charge in [-0.05, 0) is 113 Å². The highest BCUT2D eigenvalue weighted by Gasteiger charge is 2.44. The molecule has 4 heteroatoms. The van der Waals surface area contributed by atoms with E-state index in [-0.39, 0.29) is 30.0 Å². The van der Waals surface area contributed by atoms with E-state index in [4.69, 9.17) is 9.47 Å². The van der Waals surface area contributed by atoms with Gasteiger partial charge in [0.2, 0.25) is 0 Å². The van der Waals surface area contributed by atoms with Gasteiger partial charge < -0.3 is 19.7 Å². The number of benzene rings is 2. The third-order valence-corrected chi connectivity index (χ3v) is 11.3. The summed E-state index contributed by atoms with van der Waals surface area (Å²) in [5.41, 5.74) is 5.98. The summed E-state index contributed by atoms with van der Waals surface area (Å²) in [6, 6.07) is 13.7. The maximum absolute atomic E-state index is 9.52.